The van der Waals surface area contributed by atoms with Gasteiger partial charge in [-0.15, -0.1) is 0 Å². The van der Waals surface area contributed by atoms with Crippen LogP contribution < -0.4 is 5.32 Å². The molecule has 2 aromatic rings. The lowest BCUT2D eigenvalue weighted by Gasteiger charge is -2.36. The molecule has 22 heavy (non-hydrogen) atoms. The molecule has 0 aromatic heterocycles. The molecule has 1 nitrogen and oxygen atoms in total. The summed E-state index contributed by atoms with van der Waals surface area (Å²) in [7, 11) is 0. The molecule has 0 fully saturated rings. The van der Waals surface area contributed by atoms with Gasteiger partial charge in [0, 0.05) is 23.6 Å². The highest BCUT2D eigenvalue weighted by atomic mass is 15.0. The van der Waals surface area contributed by atoms with E-state index in [0.29, 0.717) is 17.9 Å². The van der Waals surface area contributed by atoms with Gasteiger partial charge in [-0.25, -0.2) is 0 Å². The largest absolute Gasteiger partial charge is 0.385 e. The molecule has 112 valence electrons. The van der Waals surface area contributed by atoms with Crippen LogP contribution in [-0.4, -0.2) is 6.04 Å². The summed E-state index contributed by atoms with van der Waals surface area (Å²) >= 11 is 0. The third-order valence-electron chi connectivity index (χ3n) is 5.22. The fourth-order valence-corrected chi connectivity index (χ4v) is 4.17. The fourth-order valence-electron chi connectivity index (χ4n) is 4.17. The lowest BCUT2D eigenvalue weighted by Crippen LogP contribution is -2.38. The van der Waals surface area contributed by atoms with E-state index in [1.54, 1.807) is 0 Å². The first-order valence-corrected chi connectivity index (χ1v) is 8.23. The second kappa shape index (κ2) is 5.01. The molecule has 0 bridgehead atoms. The Hall–Kier alpha value is -2.02. The molecule has 1 heteroatoms. The summed E-state index contributed by atoms with van der Waals surface area (Å²) in [5.74, 6) is 1.04. The first-order chi connectivity index (χ1) is 10.6. The van der Waals surface area contributed by atoms with Gasteiger partial charge in [-0.2, -0.15) is 0 Å². The zero-order valence-electron chi connectivity index (χ0n) is 13.6. The lowest BCUT2D eigenvalue weighted by atomic mass is 9.70. The minimum absolute atomic E-state index is 0.471. The second-order valence-corrected chi connectivity index (χ2v) is 6.97. The highest BCUT2D eigenvalue weighted by Gasteiger charge is 2.39. The van der Waals surface area contributed by atoms with Crippen LogP contribution in [-0.2, 0) is 6.42 Å². The molecule has 2 aromatic carbocycles. The molecule has 2 aliphatic rings. The predicted molar refractivity (Wildman–Crippen MR) is 92.1 cm³/mol. The van der Waals surface area contributed by atoms with Crippen LogP contribution in [0.1, 0.15) is 40.7 Å². The average molecular weight is 289 g/mol. The van der Waals surface area contributed by atoms with E-state index in [4.69, 9.17) is 0 Å². The third-order valence-corrected chi connectivity index (χ3v) is 5.22. The topological polar surface area (TPSA) is 12.0 Å². The van der Waals surface area contributed by atoms with Gasteiger partial charge in [0.1, 0.15) is 0 Å². The van der Waals surface area contributed by atoms with E-state index >= 15 is 0 Å². The number of benzene rings is 2. The summed E-state index contributed by atoms with van der Waals surface area (Å²) in [5.41, 5.74) is 8.50. The summed E-state index contributed by atoms with van der Waals surface area (Å²) in [6, 6.07) is 16.6. The number of nitrogens with one attached hydrogen (secondary N) is 1. The van der Waals surface area contributed by atoms with Gasteiger partial charge in [-0.05, 0) is 43.9 Å². The predicted octanol–water partition coefficient (Wildman–Crippen LogP) is 4.48. The van der Waals surface area contributed by atoms with Gasteiger partial charge in [-0.1, -0.05) is 59.7 Å². The first kappa shape index (κ1) is 13.6. The Balaban J connectivity index is 1.88. The molecule has 1 N–H and O–H groups in total. The van der Waals surface area contributed by atoms with Gasteiger partial charge in [-0.3, -0.25) is 0 Å². The molecule has 1 aliphatic heterocycles. The van der Waals surface area contributed by atoms with Crippen LogP contribution in [0, 0.1) is 19.8 Å². The quantitative estimate of drug-likeness (QED) is 0.816. The zero-order valence-corrected chi connectivity index (χ0v) is 13.6. The van der Waals surface area contributed by atoms with E-state index in [1.807, 2.05) is 0 Å². The number of allylic oxidation sites excluding steroid dienone is 1. The second-order valence-electron chi connectivity index (χ2n) is 6.97. The molecular weight excluding hydrogens is 266 g/mol. The lowest BCUT2D eigenvalue weighted by molar-refractivity contribution is 0.409. The molecule has 0 spiro atoms. The van der Waals surface area contributed by atoms with Crippen molar-refractivity contribution in [2.24, 2.45) is 5.92 Å². The third kappa shape index (κ3) is 2.16. The highest BCUT2D eigenvalue weighted by molar-refractivity contribution is 5.46. The number of hydrogen-bond donors (Lipinski definition) is 1. The number of aryl methyl sites for hydroxylation is 2. The standard InChI is InChI=1S/C21H23N/c1-13-4-7-16(8-5-13)21-18-10-14(2)6-9-17(18)12-20-19(21)11-15(3)22-20/h4-11,19-22H,12H2,1-3H3. The van der Waals surface area contributed by atoms with E-state index in [9.17, 15) is 0 Å². The van der Waals surface area contributed by atoms with Crippen LogP contribution in [0.2, 0.25) is 0 Å². The molecule has 3 atom stereocenters. The van der Waals surface area contributed by atoms with E-state index in [0.717, 1.165) is 6.42 Å². The normalized spacial score (nSPS) is 26.0. The monoisotopic (exact) mass is 289 g/mol. The highest BCUT2D eigenvalue weighted by Crippen LogP contribution is 2.44. The molecule has 1 heterocycles. The van der Waals surface area contributed by atoms with Crippen LogP contribution in [0.3, 0.4) is 0 Å². The van der Waals surface area contributed by atoms with Crippen LogP contribution in [0.25, 0.3) is 0 Å². The summed E-state index contributed by atoms with van der Waals surface area (Å²) in [6.45, 7) is 6.56. The Bertz CT molecular complexity index is 739. The maximum Gasteiger partial charge on any atom is 0.0371 e. The van der Waals surface area contributed by atoms with E-state index in [-0.39, 0.29) is 0 Å². The molecule has 0 amide bonds. The minimum Gasteiger partial charge on any atom is -0.385 e. The minimum atomic E-state index is 0.471. The Morgan fingerprint density at radius 2 is 1.64 bits per heavy atom. The fraction of sp³-hybridized carbons (Fsp3) is 0.333. The smallest absolute Gasteiger partial charge is 0.0371 e. The zero-order chi connectivity index (χ0) is 15.3. The Kier molecular flexibility index (Phi) is 3.11. The van der Waals surface area contributed by atoms with Gasteiger partial charge < -0.3 is 5.32 Å². The average Bonchev–Trinajstić information content (AvgIpc) is 2.86. The van der Waals surface area contributed by atoms with E-state index in [2.05, 4.69) is 74.6 Å². The van der Waals surface area contributed by atoms with Crippen LogP contribution >= 0.6 is 0 Å². The number of fused-ring (bicyclic) bond motifs is 2. The summed E-state index contributed by atoms with van der Waals surface area (Å²) in [5, 5.41) is 3.68. The van der Waals surface area contributed by atoms with Crippen LogP contribution in [0.5, 0.6) is 0 Å². The maximum atomic E-state index is 3.68. The number of hydrogen-bond acceptors (Lipinski definition) is 1. The van der Waals surface area contributed by atoms with Gasteiger partial charge in [0.25, 0.3) is 0 Å². The molecule has 4 rings (SSSR count). The summed E-state index contributed by atoms with van der Waals surface area (Å²) in [4.78, 5) is 0. The van der Waals surface area contributed by atoms with Crippen molar-refractivity contribution in [3.8, 4) is 0 Å². The summed E-state index contributed by atoms with van der Waals surface area (Å²) < 4.78 is 0. The first-order valence-electron chi connectivity index (χ1n) is 8.23. The SMILES string of the molecule is CC1=CC2C(Cc3ccc(C)cc3C2c2ccc(C)cc2)N1. The Labute approximate surface area is 133 Å². The van der Waals surface area contributed by atoms with Gasteiger partial charge in [0.15, 0.2) is 0 Å². The van der Waals surface area contributed by atoms with E-state index in [1.165, 1.54) is 33.5 Å². The molecule has 1 aliphatic carbocycles. The molecule has 0 radical (unpaired) electrons. The van der Waals surface area contributed by atoms with Crippen molar-refractivity contribution >= 4 is 0 Å². The Morgan fingerprint density at radius 1 is 0.909 bits per heavy atom. The van der Waals surface area contributed by atoms with Gasteiger partial charge in [0.05, 0.1) is 0 Å². The van der Waals surface area contributed by atoms with Crippen molar-refractivity contribution in [3.63, 3.8) is 0 Å². The van der Waals surface area contributed by atoms with Crippen molar-refractivity contribution in [2.75, 3.05) is 0 Å². The van der Waals surface area contributed by atoms with Gasteiger partial charge in [0.2, 0.25) is 0 Å². The van der Waals surface area contributed by atoms with Crippen LogP contribution in [0.15, 0.2) is 54.2 Å². The van der Waals surface area contributed by atoms with Crippen molar-refractivity contribution in [3.05, 3.63) is 82.1 Å². The van der Waals surface area contributed by atoms with Crippen molar-refractivity contribution in [1.29, 1.82) is 0 Å². The molecule has 0 saturated heterocycles. The maximum absolute atomic E-state index is 3.68. The molecular formula is C21H23N. The van der Waals surface area contributed by atoms with Crippen molar-refractivity contribution < 1.29 is 0 Å². The van der Waals surface area contributed by atoms with Crippen LogP contribution in [0.4, 0.5) is 0 Å². The van der Waals surface area contributed by atoms with E-state index < -0.39 is 0 Å². The summed E-state index contributed by atoms with van der Waals surface area (Å²) in [6.07, 6.45) is 3.58. The van der Waals surface area contributed by atoms with Crippen molar-refractivity contribution in [2.45, 2.75) is 39.2 Å². The Morgan fingerprint density at radius 3 is 2.41 bits per heavy atom. The van der Waals surface area contributed by atoms with Gasteiger partial charge >= 0.3 is 0 Å². The number of rotatable bonds is 1. The molecule has 0 saturated carbocycles. The molecule has 3 unspecified atom stereocenters. The van der Waals surface area contributed by atoms with Crippen molar-refractivity contribution in [1.82, 2.24) is 5.32 Å².